The van der Waals surface area contributed by atoms with Gasteiger partial charge in [-0.05, 0) is 24.3 Å². The SMILES string of the molecule is O=C1CN(c2ccc(OC(F)F)cc2)C(=O)CN1. The van der Waals surface area contributed by atoms with E-state index >= 15 is 0 Å². The summed E-state index contributed by atoms with van der Waals surface area (Å²) in [6.45, 7) is -3.03. The van der Waals surface area contributed by atoms with Crippen LogP contribution in [-0.2, 0) is 9.59 Å². The highest BCUT2D eigenvalue weighted by molar-refractivity contribution is 6.04. The molecule has 18 heavy (non-hydrogen) atoms. The molecule has 2 amide bonds. The number of carbonyl (C=O) groups is 2. The number of rotatable bonds is 3. The molecule has 1 aromatic rings. The highest BCUT2D eigenvalue weighted by atomic mass is 19.3. The van der Waals surface area contributed by atoms with Crippen molar-refractivity contribution in [3.63, 3.8) is 0 Å². The molecular weight excluding hydrogens is 246 g/mol. The Morgan fingerprint density at radius 1 is 1.22 bits per heavy atom. The summed E-state index contributed by atoms with van der Waals surface area (Å²) in [4.78, 5) is 24.0. The summed E-state index contributed by atoms with van der Waals surface area (Å²) in [6.07, 6.45) is 0. The minimum atomic E-state index is -2.89. The second kappa shape index (κ2) is 4.99. The number of piperazine rings is 1. The minimum Gasteiger partial charge on any atom is -0.435 e. The molecule has 0 radical (unpaired) electrons. The number of nitrogens with one attached hydrogen (secondary N) is 1. The summed E-state index contributed by atoms with van der Waals surface area (Å²) >= 11 is 0. The number of hydrogen-bond donors (Lipinski definition) is 1. The Bertz CT molecular complexity index is 462. The minimum absolute atomic E-state index is 0.00246. The van der Waals surface area contributed by atoms with Crippen LogP contribution in [0.2, 0.25) is 0 Å². The van der Waals surface area contributed by atoms with E-state index in [-0.39, 0.29) is 30.7 Å². The van der Waals surface area contributed by atoms with Crippen molar-refractivity contribution in [2.75, 3.05) is 18.0 Å². The quantitative estimate of drug-likeness (QED) is 0.868. The van der Waals surface area contributed by atoms with Crippen LogP contribution >= 0.6 is 0 Å². The molecule has 1 aliphatic heterocycles. The van der Waals surface area contributed by atoms with Gasteiger partial charge in [0.05, 0.1) is 6.54 Å². The van der Waals surface area contributed by atoms with E-state index in [9.17, 15) is 18.4 Å². The van der Waals surface area contributed by atoms with Gasteiger partial charge in [0.15, 0.2) is 0 Å². The van der Waals surface area contributed by atoms with Crippen LogP contribution in [0.15, 0.2) is 24.3 Å². The van der Waals surface area contributed by atoms with E-state index in [1.807, 2.05) is 0 Å². The maximum atomic E-state index is 11.9. The van der Waals surface area contributed by atoms with Crippen molar-refractivity contribution in [2.24, 2.45) is 0 Å². The number of alkyl halides is 2. The normalized spacial score (nSPS) is 15.8. The molecule has 0 atom stereocenters. The van der Waals surface area contributed by atoms with Crippen molar-refractivity contribution in [2.45, 2.75) is 6.61 Å². The maximum Gasteiger partial charge on any atom is 0.387 e. The molecule has 1 N–H and O–H groups in total. The van der Waals surface area contributed by atoms with Crippen LogP contribution in [0.1, 0.15) is 0 Å². The fourth-order valence-corrected chi connectivity index (χ4v) is 1.60. The fourth-order valence-electron chi connectivity index (χ4n) is 1.60. The average Bonchev–Trinajstić information content (AvgIpc) is 2.33. The van der Waals surface area contributed by atoms with Crippen molar-refractivity contribution in [3.05, 3.63) is 24.3 Å². The number of amides is 2. The first-order chi connectivity index (χ1) is 8.56. The van der Waals surface area contributed by atoms with Gasteiger partial charge in [0, 0.05) is 5.69 Å². The van der Waals surface area contributed by atoms with Crippen LogP contribution in [0.25, 0.3) is 0 Å². The Hall–Kier alpha value is -2.18. The van der Waals surface area contributed by atoms with E-state index in [4.69, 9.17) is 0 Å². The van der Waals surface area contributed by atoms with E-state index in [1.165, 1.54) is 29.2 Å². The molecule has 1 heterocycles. The molecule has 1 saturated heterocycles. The molecule has 0 bridgehead atoms. The predicted octanol–water partition coefficient (Wildman–Crippen LogP) is 0.751. The second-order valence-corrected chi connectivity index (χ2v) is 3.63. The van der Waals surface area contributed by atoms with Crippen molar-refractivity contribution in [1.29, 1.82) is 0 Å². The van der Waals surface area contributed by atoms with Gasteiger partial charge in [-0.25, -0.2) is 0 Å². The molecule has 0 spiro atoms. The number of ether oxygens (including phenoxy) is 1. The molecule has 1 aliphatic rings. The number of hydrogen-bond acceptors (Lipinski definition) is 3. The first-order valence-corrected chi connectivity index (χ1v) is 5.18. The third-order valence-electron chi connectivity index (χ3n) is 2.41. The van der Waals surface area contributed by atoms with Gasteiger partial charge in [-0.15, -0.1) is 0 Å². The number of halogens is 2. The van der Waals surface area contributed by atoms with Gasteiger partial charge in [-0.1, -0.05) is 0 Å². The maximum absolute atomic E-state index is 11.9. The molecule has 0 aromatic heterocycles. The zero-order valence-corrected chi connectivity index (χ0v) is 9.23. The highest BCUT2D eigenvalue weighted by Crippen LogP contribution is 2.21. The smallest absolute Gasteiger partial charge is 0.387 e. The van der Waals surface area contributed by atoms with Crippen LogP contribution in [-0.4, -0.2) is 31.5 Å². The van der Waals surface area contributed by atoms with Crippen molar-refractivity contribution < 1.29 is 23.1 Å². The molecule has 0 unspecified atom stereocenters. The third-order valence-corrected chi connectivity index (χ3v) is 2.41. The monoisotopic (exact) mass is 256 g/mol. The summed E-state index contributed by atoms with van der Waals surface area (Å²) in [5.41, 5.74) is 0.469. The van der Waals surface area contributed by atoms with Crippen LogP contribution < -0.4 is 15.0 Å². The Morgan fingerprint density at radius 3 is 2.50 bits per heavy atom. The van der Waals surface area contributed by atoms with Gasteiger partial charge < -0.3 is 15.0 Å². The first-order valence-electron chi connectivity index (χ1n) is 5.18. The summed E-state index contributed by atoms with van der Waals surface area (Å²) in [6, 6.07) is 5.55. The topological polar surface area (TPSA) is 58.6 Å². The molecule has 7 heteroatoms. The van der Waals surface area contributed by atoms with Crippen LogP contribution in [0.4, 0.5) is 14.5 Å². The van der Waals surface area contributed by atoms with Crippen molar-refractivity contribution in [3.8, 4) is 5.75 Å². The Labute approximate surface area is 101 Å². The predicted molar refractivity (Wildman–Crippen MR) is 58.4 cm³/mol. The van der Waals surface area contributed by atoms with E-state index in [0.29, 0.717) is 5.69 Å². The van der Waals surface area contributed by atoms with Crippen molar-refractivity contribution in [1.82, 2.24) is 5.32 Å². The lowest BCUT2D eigenvalue weighted by molar-refractivity contribution is -0.128. The Balaban J connectivity index is 2.13. The lowest BCUT2D eigenvalue weighted by Crippen LogP contribution is -2.51. The van der Waals surface area contributed by atoms with Crippen molar-refractivity contribution >= 4 is 17.5 Å². The second-order valence-electron chi connectivity index (χ2n) is 3.63. The van der Waals surface area contributed by atoms with Crippen LogP contribution in [0.5, 0.6) is 5.75 Å². The molecule has 96 valence electrons. The molecule has 1 fully saturated rings. The molecule has 1 aromatic carbocycles. The summed E-state index contributed by atoms with van der Waals surface area (Å²) in [5, 5.41) is 2.41. The van der Waals surface area contributed by atoms with Gasteiger partial charge in [0.25, 0.3) is 0 Å². The lowest BCUT2D eigenvalue weighted by Gasteiger charge is -2.26. The molecular formula is C11H10F2N2O3. The third kappa shape index (κ3) is 2.73. The Kier molecular flexibility index (Phi) is 3.40. The summed E-state index contributed by atoms with van der Waals surface area (Å²) < 4.78 is 28.1. The van der Waals surface area contributed by atoms with Gasteiger partial charge in [0.2, 0.25) is 11.8 Å². The highest BCUT2D eigenvalue weighted by Gasteiger charge is 2.24. The standard InChI is InChI=1S/C11H10F2N2O3/c12-11(13)18-8-3-1-7(2-4-8)15-6-9(16)14-5-10(15)17/h1-4,11H,5-6H2,(H,14,16). The largest absolute Gasteiger partial charge is 0.435 e. The van der Waals surface area contributed by atoms with Gasteiger partial charge in [-0.3, -0.25) is 9.59 Å². The number of carbonyl (C=O) groups excluding carboxylic acids is 2. The molecule has 0 aliphatic carbocycles. The Morgan fingerprint density at radius 2 is 1.89 bits per heavy atom. The van der Waals surface area contributed by atoms with Gasteiger partial charge >= 0.3 is 6.61 Å². The first kappa shape index (κ1) is 12.3. The average molecular weight is 256 g/mol. The zero-order valence-electron chi connectivity index (χ0n) is 9.23. The fraction of sp³-hybridized carbons (Fsp3) is 0.273. The van der Waals surface area contributed by atoms with Gasteiger partial charge in [-0.2, -0.15) is 8.78 Å². The number of anilines is 1. The van der Waals surface area contributed by atoms with E-state index in [1.54, 1.807) is 0 Å². The summed E-state index contributed by atoms with van der Waals surface area (Å²) in [5.74, 6) is -0.512. The van der Waals surface area contributed by atoms with Gasteiger partial charge in [0.1, 0.15) is 12.3 Å². The lowest BCUT2D eigenvalue weighted by atomic mass is 10.2. The number of nitrogens with zero attached hydrogens (tertiary/aromatic N) is 1. The van der Waals surface area contributed by atoms with E-state index < -0.39 is 6.61 Å². The van der Waals surface area contributed by atoms with E-state index in [2.05, 4.69) is 10.1 Å². The van der Waals surface area contributed by atoms with Crippen LogP contribution in [0, 0.1) is 0 Å². The zero-order chi connectivity index (χ0) is 13.1. The molecule has 0 saturated carbocycles. The summed E-state index contributed by atoms with van der Waals surface area (Å²) in [7, 11) is 0. The molecule has 2 rings (SSSR count). The number of benzene rings is 1. The van der Waals surface area contributed by atoms with E-state index in [0.717, 1.165) is 0 Å². The van der Waals surface area contributed by atoms with Crippen LogP contribution in [0.3, 0.4) is 0 Å². The molecule has 5 nitrogen and oxygen atoms in total.